The summed E-state index contributed by atoms with van der Waals surface area (Å²) in [6.07, 6.45) is -0.564. The smallest absolute Gasteiger partial charge is 0.323 e. The second-order valence-corrected chi connectivity index (χ2v) is 3.99. The van der Waals surface area contributed by atoms with Crippen LogP contribution in [0.3, 0.4) is 0 Å². The molecule has 0 fully saturated rings. The molecule has 0 aliphatic carbocycles. The third-order valence-electron chi connectivity index (χ3n) is 1.21. The molecule has 0 aromatic heterocycles. The van der Waals surface area contributed by atoms with Gasteiger partial charge in [0.05, 0.1) is 21.7 Å². The maximum absolute atomic E-state index is 10.9. The molecule has 0 amide bonds. The lowest BCUT2D eigenvalue weighted by Gasteiger charge is -2.01. The standard InChI is InChI=1S/C8H8I2O6/c9-3-7(13)15-5(11)1-2-6(12)16-8(14)4-10/h1-4H2. The number of halogens is 2. The summed E-state index contributed by atoms with van der Waals surface area (Å²) in [4.78, 5) is 43.2. The molecule has 16 heavy (non-hydrogen) atoms. The van der Waals surface area contributed by atoms with Gasteiger partial charge in [-0.3, -0.25) is 19.2 Å². The van der Waals surface area contributed by atoms with Crippen molar-refractivity contribution in [1.29, 1.82) is 0 Å². The van der Waals surface area contributed by atoms with Crippen LogP contribution in [0.15, 0.2) is 0 Å². The Kier molecular flexibility index (Phi) is 8.70. The van der Waals surface area contributed by atoms with Gasteiger partial charge < -0.3 is 9.47 Å². The number of hydrogen-bond donors (Lipinski definition) is 0. The first-order chi connectivity index (χ1) is 7.49. The van der Waals surface area contributed by atoms with Gasteiger partial charge in [-0.05, 0) is 0 Å². The second-order valence-electron chi connectivity index (χ2n) is 2.46. The van der Waals surface area contributed by atoms with Crippen LogP contribution in [0, 0.1) is 0 Å². The third-order valence-corrected chi connectivity index (χ3v) is 2.45. The van der Waals surface area contributed by atoms with Gasteiger partial charge in [0.15, 0.2) is 0 Å². The first kappa shape index (κ1) is 15.7. The van der Waals surface area contributed by atoms with Crippen LogP contribution >= 0.6 is 45.2 Å². The molecule has 0 saturated carbocycles. The monoisotopic (exact) mass is 454 g/mol. The van der Waals surface area contributed by atoms with E-state index in [-0.39, 0.29) is 21.7 Å². The van der Waals surface area contributed by atoms with E-state index in [2.05, 4.69) is 9.47 Å². The van der Waals surface area contributed by atoms with E-state index in [4.69, 9.17) is 0 Å². The molecular formula is C8H8I2O6. The molecule has 0 rings (SSSR count). The quantitative estimate of drug-likeness (QED) is 0.264. The average Bonchev–Trinajstić information content (AvgIpc) is 2.26. The largest absolute Gasteiger partial charge is 0.393 e. The van der Waals surface area contributed by atoms with E-state index in [9.17, 15) is 19.2 Å². The minimum absolute atomic E-state index is 0.0568. The first-order valence-electron chi connectivity index (χ1n) is 4.08. The Morgan fingerprint density at radius 1 is 0.688 bits per heavy atom. The van der Waals surface area contributed by atoms with Crippen molar-refractivity contribution in [2.45, 2.75) is 12.8 Å². The van der Waals surface area contributed by atoms with Gasteiger partial charge >= 0.3 is 23.9 Å². The van der Waals surface area contributed by atoms with Crippen LogP contribution in [0.2, 0.25) is 0 Å². The van der Waals surface area contributed by atoms with Crippen molar-refractivity contribution in [2.24, 2.45) is 0 Å². The van der Waals surface area contributed by atoms with Crippen molar-refractivity contribution in [3.05, 3.63) is 0 Å². The summed E-state index contributed by atoms with van der Waals surface area (Å²) in [5, 5.41) is 0. The summed E-state index contributed by atoms with van der Waals surface area (Å²) >= 11 is 3.49. The summed E-state index contributed by atoms with van der Waals surface area (Å²) < 4.78 is 8.72. The fraction of sp³-hybridized carbons (Fsp3) is 0.500. The van der Waals surface area contributed by atoms with E-state index in [0.717, 1.165) is 0 Å². The normalized spacial score (nSPS) is 9.38. The molecule has 0 bridgehead atoms. The highest BCUT2D eigenvalue weighted by Gasteiger charge is 2.14. The number of alkyl halides is 2. The maximum atomic E-state index is 10.9. The predicted octanol–water partition coefficient (Wildman–Crippen LogP) is 0.776. The molecule has 90 valence electrons. The van der Waals surface area contributed by atoms with Crippen molar-refractivity contribution < 1.29 is 28.7 Å². The molecule has 0 saturated heterocycles. The lowest BCUT2D eigenvalue weighted by molar-refractivity contribution is -0.163. The molecule has 0 unspecified atom stereocenters. The van der Waals surface area contributed by atoms with Gasteiger partial charge in [0, 0.05) is 0 Å². The highest BCUT2D eigenvalue weighted by molar-refractivity contribution is 14.1. The van der Waals surface area contributed by atoms with Gasteiger partial charge in [-0.2, -0.15) is 0 Å². The van der Waals surface area contributed by atoms with Gasteiger partial charge in [0.25, 0.3) is 0 Å². The molecule has 0 aromatic carbocycles. The van der Waals surface area contributed by atoms with Gasteiger partial charge in [-0.1, -0.05) is 45.2 Å². The lowest BCUT2D eigenvalue weighted by Crippen LogP contribution is -2.17. The van der Waals surface area contributed by atoms with Crippen LogP contribution in [0.4, 0.5) is 0 Å². The van der Waals surface area contributed by atoms with Crippen molar-refractivity contribution in [2.75, 3.05) is 8.86 Å². The minimum Gasteiger partial charge on any atom is -0.393 e. The number of carbonyl (C=O) groups is 4. The molecule has 0 aliphatic heterocycles. The predicted molar refractivity (Wildman–Crippen MR) is 69.2 cm³/mol. The highest BCUT2D eigenvalue weighted by atomic mass is 127. The summed E-state index contributed by atoms with van der Waals surface area (Å²) in [6, 6.07) is 0. The Balaban J connectivity index is 3.79. The zero-order chi connectivity index (χ0) is 12.6. The SMILES string of the molecule is O=C(CI)OC(=O)CCC(=O)OC(=O)CI. The van der Waals surface area contributed by atoms with E-state index in [1.807, 2.05) is 0 Å². The fourth-order valence-corrected chi connectivity index (χ4v) is 0.926. The van der Waals surface area contributed by atoms with Gasteiger partial charge in [0.2, 0.25) is 0 Å². The molecule has 0 aliphatic rings. The molecular weight excluding hydrogens is 446 g/mol. The molecule has 0 atom stereocenters. The Morgan fingerprint density at radius 3 is 1.25 bits per heavy atom. The van der Waals surface area contributed by atoms with Crippen molar-refractivity contribution >= 4 is 69.1 Å². The van der Waals surface area contributed by atoms with Crippen LogP contribution in [0.25, 0.3) is 0 Å². The Bertz CT molecular complexity index is 271. The number of ether oxygens (including phenoxy) is 2. The molecule has 0 heterocycles. The van der Waals surface area contributed by atoms with Crippen LogP contribution in [0.1, 0.15) is 12.8 Å². The minimum atomic E-state index is -0.805. The van der Waals surface area contributed by atoms with Crippen molar-refractivity contribution in [3.8, 4) is 0 Å². The summed E-state index contributed by atoms with van der Waals surface area (Å²) in [6.45, 7) is 0. The molecule has 8 heteroatoms. The van der Waals surface area contributed by atoms with Gasteiger partial charge in [0.1, 0.15) is 0 Å². The van der Waals surface area contributed by atoms with Gasteiger partial charge in [-0.25, -0.2) is 0 Å². The van der Waals surface area contributed by atoms with Crippen LogP contribution < -0.4 is 0 Å². The summed E-state index contributed by atoms with van der Waals surface area (Å²) in [5.41, 5.74) is 0. The molecule has 0 N–H and O–H groups in total. The van der Waals surface area contributed by atoms with Crippen LogP contribution in [-0.4, -0.2) is 32.7 Å². The maximum Gasteiger partial charge on any atom is 0.323 e. The van der Waals surface area contributed by atoms with Gasteiger partial charge in [-0.15, -0.1) is 0 Å². The van der Waals surface area contributed by atoms with E-state index in [0.29, 0.717) is 0 Å². The number of rotatable bonds is 5. The first-order valence-corrected chi connectivity index (χ1v) is 7.13. The van der Waals surface area contributed by atoms with E-state index in [1.165, 1.54) is 0 Å². The zero-order valence-electron chi connectivity index (χ0n) is 8.03. The zero-order valence-corrected chi connectivity index (χ0v) is 12.3. The lowest BCUT2D eigenvalue weighted by atomic mass is 10.3. The van der Waals surface area contributed by atoms with E-state index in [1.54, 1.807) is 45.2 Å². The number of carbonyl (C=O) groups excluding carboxylic acids is 4. The fourth-order valence-electron chi connectivity index (χ4n) is 0.615. The summed E-state index contributed by atoms with van der Waals surface area (Å²) in [7, 11) is 0. The van der Waals surface area contributed by atoms with Crippen LogP contribution in [0.5, 0.6) is 0 Å². The Morgan fingerprint density at radius 2 is 1.00 bits per heavy atom. The Hall–Kier alpha value is -0.260. The summed E-state index contributed by atoms with van der Waals surface area (Å²) in [5.74, 6) is -2.94. The van der Waals surface area contributed by atoms with Crippen molar-refractivity contribution in [3.63, 3.8) is 0 Å². The van der Waals surface area contributed by atoms with Crippen LogP contribution in [-0.2, 0) is 28.7 Å². The molecule has 6 nitrogen and oxygen atoms in total. The average molecular weight is 454 g/mol. The highest BCUT2D eigenvalue weighted by Crippen LogP contribution is 1.99. The molecule has 0 spiro atoms. The second kappa shape index (κ2) is 8.84. The topological polar surface area (TPSA) is 86.7 Å². The van der Waals surface area contributed by atoms with E-state index >= 15 is 0 Å². The number of esters is 4. The molecule has 0 aromatic rings. The van der Waals surface area contributed by atoms with Crippen molar-refractivity contribution in [1.82, 2.24) is 0 Å². The van der Waals surface area contributed by atoms with E-state index < -0.39 is 23.9 Å². The third kappa shape index (κ3) is 7.96. The Labute approximate surface area is 119 Å². The molecule has 0 radical (unpaired) electrons. The number of hydrogen-bond acceptors (Lipinski definition) is 6.